The van der Waals surface area contributed by atoms with Crippen molar-refractivity contribution in [1.29, 1.82) is 0 Å². The summed E-state index contributed by atoms with van der Waals surface area (Å²) in [6.45, 7) is 11.5. The summed E-state index contributed by atoms with van der Waals surface area (Å²) in [4.78, 5) is 26.7. The zero-order valence-electron chi connectivity index (χ0n) is 14.0. The van der Waals surface area contributed by atoms with E-state index in [1.165, 1.54) is 13.1 Å². The predicted octanol–water partition coefficient (Wildman–Crippen LogP) is 2.76. The van der Waals surface area contributed by atoms with E-state index in [1.807, 2.05) is 0 Å². The molecule has 1 atom stereocenters. The van der Waals surface area contributed by atoms with E-state index in [9.17, 15) is 9.59 Å². The third-order valence-electron chi connectivity index (χ3n) is 3.12. The van der Waals surface area contributed by atoms with Gasteiger partial charge in [0.1, 0.15) is 17.5 Å². The first-order chi connectivity index (χ1) is 11.3. The number of carbonyl (C=O) groups is 2. The predicted molar refractivity (Wildman–Crippen MR) is 95.6 cm³/mol. The van der Waals surface area contributed by atoms with Gasteiger partial charge in [0.25, 0.3) is 11.8 Å². The molecule has 3 N–H and O–H groups in total. The lowest BCUT2D eigenvalue weighted by Gasteiger charge is -2.15. The molecule has 7 heteroatoms. The van der Waals surface area contributed by atoms with Crippen LogP contribution in [0.15, 0.2) is 42.0 Å². The van der Waals surface area contributed by atoms with Gasteiger partial charge in [0.15, 0.2) is 5.75 Å². The highest BCUT2D eigenvalue weighted by Crippen LogP contribution is 2.23. The highest BCUT2D eigenvalue weighted by Gasteiger charge is 2.21. The number of halogens is 1. The molecule has 0 aromatic carbocycles. The van der Waals surface area contributed by atoms with Crippen LogP contribution in [0.25, 0.3) is 0 Å². The zero-order valence-corrected chi connectivity index (χ0v) is 14.8. The molecular weight excluding hydrogens is 330 g/mol. The monoisotopic (exact) mass is 351 g/mol. The van der Waals surface area contributed by atoms with Crippen molar-refractivity contribution >= 4 is 23.4 Å². The van der Waals surface area contributed by atoms with Crippen molar-refractivity contribution in [1.82, 2.24) is 15.6 Å². The summed E-state index contributed by atoms with van der Waals surface area (Å²) in [5.41, 5.74) is 1.05. The van der Waals surface area contributed by atoms with Gasteiger partial charge < -0.3 is 20.4 Å². The van der Waals surface area contributed by atoms with Crippen molar-refractivity contribution in [2.24, 2.45) is 0 Å². The van der Waals surface area contributed by atoms with Gasteiger partial charge in [0, 0.05) is 24.7 Å². The number of nitrogens with one attached hydrogen (secondary N) is 3. The van der Waals surface area contributed by atoms with E-state index in [0.29, 0.717) is 17.2 Å². The number of hydrogen-bond acceptors (Lipinski definition) is 3. The van der Waals surface area contributed by atoms with Crippen molar-refractivity contribution in [2.75, 3.05) is 13.6 Å². The Bertz CT molecular complexity index is 677. The maximum Gasteiger partial charge on any atom is 0.271 e. The molecule has 0 aliphatic rings. The fraction of sp³-hybridized carbons (Fsp3) is 0.294. The molecule has 0 saturated carbocycles. The molecule has 1 aromatic rings. The lowest BCUT2D eigenvalue weighted by atomic mass is 10.1. The van der Waals surface area contributed by atoms with Gasteiger partial charge >= 0.3 is 0 Å². The summed E-state index contributed by atoms with van der Waals surface area (Å²) in [6, 6.07) is 1.49. The average molecular weight is 352 g/mol. The second kappa shape index (κ2) is 8.98. The van der Waals surface area contributed by atoms with E-state index < -0.39 is 6.10 Å². The number of amides is 2. The normalized spacial score (nSPS) is 11.8. The molecule has 24 heavy (non-hydrogen) atoms. The van der Waals surface area contributed by atoms with Crippen LogP contribution in [0.2, 0.25) is 0 Å². The molecule has 0 fully saturated rings. The van der Waals surface area contributed by atoms with Crippen molar-refractivity contribution in [3.63, 3.8) is 0 Å². The van der Waals surface area contributed by atoms with E-state index in [0.717, 1.165) is 0 Å². The van der Waals surface area contributed by atoms with Crippen molar-refractivity contribution < 1.29 is 14.3 Å². The largest absolute Gasteiger partial charge is 0.484 e. The second-order valence-electron chi connectivity index (χ2n) is 4.98. The number of rotatable bonds is 8. The van der Waals surface area contributed by atoms with Gasteiger partial charge in [-0.2, -0.15) is 0 Å². The van der Waals surface area contributed by atoms with Gasteiger partial charge in [-0.1, -0.05) is 30.8 Å². The summed E-state index contributed by atoms with van der Waals surface area (Å²) < 4.78 is 5.78. The molecule has 0 aliphatic carbocycles. The molecule has 0 saturated heterocycles. The van der Waals surface area contributed by atoms with Crippen molar-refractivity contribution in [2.45, 2.75) is 20.0 Å². The third-order valence-corrected chi connectivity index (χ3v) is 3.25. The van der Waals surface area contributed by atoms with E-state index in [4.69, 9.17) is 16.3 Å². The maximum atomic E-state index is 12.0. The molecule has 0 spiro atoms. The number of aromatic amines is 1. The molecule has 130 valence electrons. The van der Waals surface area contributed by atoms with Crippen LogP contribution in [0.3, 0.4) is 0 Å². The van der Waals surface area contributed by atoms with Crippen LogP contribution in [0.5, 0.6) is 5.75 Å². The van der Waals surface area contributed by atoms with Crippen LogP contribution in [-0.4, -0.2) is 36.5 Å². The third kappa shape index (κ3) is 5.31. The Morgan fingerprint density at radius 3 is 2.58 bits per heavy atom. The number of aromatic nitrogens is 1. The fourth-order valence-corrected chi connectivity index (χ4v) is 1.86. The van der Waals surface area contributed by atoms with Crippen LogP contribution < -0.4 is 15.4 Å². The number of carbonyl (C=O) groups excluding carboxylic acids is 2. The zero-order chi connectivity index (χ0) is 18.3. The first-order valence-electron chi connectivity index (χ1n) is 7.41. The Labute approximate surface area is 146 Å². The molecule has 0 bridgehead atoms. The van der Waals surface area contributed by atoms with Crippen LogP contribution in [0.1, 0.15) is 34.8 Å². The summed E-state index contributed by atoms with van der Waals surface area (Å²) in [7, 11) is 1.50. The second-order valence-corrected chi connectivity index (χ2v) is 5.46. The van der Waals surface area contributed by atoms with Crippen LogP contribution >= 0.6 is 11.6 Å². The highest BCUT2D eigenvalue weighted by molar-refractivity contribution is 6.30. The molecule has 1 unspecified atom stereocenters. The van der Waals surface area contributed by atoms with Crippen molar-refractivity contribution in [3.8, 4) is 5.75 Å². The SMILES string of the molecule is C=C(Cl)/C=C\C(=C)C(C)Oc1cc(C(=O)NCC)[nH]c1C(=O)NC. The van der Waals surface area contributed by atoms with Gasteiger partial charge in [0.2, 0.25) is 0 Å². The van der Waals surface area contributed by atoms with E-state index in [1.54, 1.807) is 26.0 Å². The average Bonchev–Trinajstić information content (AvgIpc) is 2.95. The Morgan fingerprint density at radius 1 is 1.38 bits per heavy atom. The van der Waals surface area contributed by atoms with Gasteiger partial charge in [0.05, 0.1) is 0 Å². The minimum Gasteiger partial charge on any atom is -0.484 e. The maximum absolute atomic E-state index is 12.0. The van der Waals surface area contributed by atoms with Gasteiger partial charge in [-0.25, -0.2) is 0 Å². The Balaban J connectivity index is 3.03. The topological polar surface area (TPSA) is 83.2 Å². The highest BCUT2D eigenvalue weighted by atomic mass is 35.5. The van der Waals surface area contributed by atoms with Crippen molar-refractivity contribution in [3.05, 3.63) is 53.4 Å². The van der Waals surface area contributed by atoms with Crippen LogP contribution in [0, 0.1) is 0 Å². The number of allylic oxidation sites excluding steroid dienone is 2. The fourth-order valence-electron chi connectivity index (χ4n) is 1.80. The van der Waals surface area contributed by atoms with Gasteiger partial charge in [-0.15, -0.1) is 0 Å². The van der Waals surface area contributed by atoms with E-state index >= 15 is 0 Å². The first-order valence-corrected chi connectivity index (χ1v) is 7.79. The van der Waals surface area contributed by atoms with Gasteiger partial charge in [-0.05, 0) is 25.5 Å². The standard InChI is InChI=1S/C17H22ClN3O3/c1-6-20-16(22)13-9-14(15(21-13)17(23)19-5)24-12(4)10(2)7-8-11(3)18/h7-9,12,21H,2-3,6H2,1,4-5H3,(H,19,23)(H,20,22)/b8-7-. The Kier molecular flexibility index (Phi) is 7.32. The molecule has 0 aliphatic heterocycles. The lowest BCUT2D eigenvalue weighted by molar-refractivity contribution is 0.0951. The Morgan fingerprint density at radius 2 is 2.04 bits per heavy atom. The summed E-state index contributed by atoms with van der Waals surface area (Å²) in [5, 5.41) is 5.53. The minimum atomic E-state index is -0.432. The molecule has 2 amide bonds. The molecule has 1 aromatic heterocycles. The Hall–Kier alpha value is -2.47. The molecule has 0 radical (unpaired) electrons. The number of H-pyrrole nitrogens is 1. The molecule has 1 heterocycles. The molecule has 1 rings (SSSR count). The first kappa shape index (κ1) is 19.6. The summed E-state index contributed by atoms with van der Waals surface area (Å²) in [6.07, 6.45) is 2.84. The number of hydrogen-bond donors (Lipinski definition) is 3. The number of ether oxygens (including phenoxy) is 1. The minimum absolute atomic E-state index is 0.170. The lowest BCUT2D eigenvalue weighted by Crippen LogP contribution is -2.24. The van der Waals surface area contributed by atoms with E-state index in [-0.39, 0.29) is 29.0 Å². The van der Waals surface area contributed by atoms with Gasteiger partial charge in [-0.3, -0.25) is 9.59 Å². The molecule has 6 nitrogen and oxygen atoms in total. The quantitative estimate of drug-likeness (QED) is 0.630. The summed E-state index contributed by atoms with van der Waals surface area (Å²) in [5.74, 6) is -0.437. The summed E-state index contributed by atoms with van der Waals surface area (Å²) >= 11 is 5.67. The van der Waals surface area contributed by atoms with Crippen LogP contribution in [-0.2, 0) is 0 Å². The smallest absolute Gasteiger partial charge is 0.271 e. The molecular formula is C17H22ClN3O3. The van der Waals surface area contributed by atoms with E-state index in [2.05, 4.69) is 28.8 Å². The van der Waals surface area contributed by atoms with Crippen LogP contribution in [0.4, 0.5) is 0 Å².